The number of hydrogen-bond acceptors (Lipinski definition) is 3. The molecule has 0 aromatic rings. The third-order valence-electron chi connectivity index (χ3n) is 2.97. The minimum absolute atomic E-state index is 0.0888. The summed E-state index contributed by atoms with van der Waals surface area (Å²) in [5.74, 6) is -0.252. The predicted octanol–water partition coefficient (Wildman–Crippen LogP) is 1.20. The van der Waals surface area contributed by atoms with Crippen molar-refractivity contribution in [3.63, 3.8) is 0 Å². The topological polar surface area (TPSA) is 70.0 Å². The van der Waals surface area contributed by atoms with Crippen molar-refractivity contribution in [1.82, 2.24) is 5.32 Å². The maximum atomic E-state index is 11.9. The summed E-state index contributed by atoms with van der Waals surface area (Å²) in [6.45, 7) is 5.81. The normalized spacial score (nSPS) is 14.9. The van der Waals surface area contributed by atoms with Gasteiger partial charge in [-0.05, 0) is 19.8 Å². The molecule has 4 nitrogen and oxygen atoms in total. The van der Waals surface area contributed by atoms with Gasteiger partial charge in [0.1, 0.15) is 5.41 Å². The smallest absolute Gasteiger partial charge is 0.240 e. The van der Waals surface area contributed by atoms with Crippen LogP contribution in [0.4, 0.5) is 0 Å². The van der Waals surface area contributed by atoms with Crippen molar-refractivity contribution < 1.29 is 9.00 Å². The molecule has 0 radical (unpaired) electrons. The zero-order chi connectivity index (χ0) is 12.8. The van der Waals surface area contributed by atoms with Gasteiger partial charge in [0.2, 0.25) is 5.91 Å². The summed E-state index contributed by atoms with van der Waals surface area (Å²) in [4.78, 5) is 11.9. The largest absolute Gasteiger partial charge is 0.354 e. The molecule has 16 heavy (non-hydrogen) atoms. The number of amides is 1. The molecule has 0 heterocycles. The molecule has 0 saturated heterocycles. The van der Waals surface area contributed by atoms with E-state index >= 15 is 0 Å². The summed E-state index contributed by atoms with van der Waals surface area (Å²) in [7, 11) is -0.957. The van der Waals surface area contributed by atoms with Crippen LogP contribution in [0.15, 0.2) is 0 Å². The van der Waals surface area contributed by atoms with Crippen molar-refractivity contribution in [1.29, 1.82) is 5.26 Å². The molecular weight excluding hydrogens is 224 g/mol. The van der Waals surface area contributed by atoms with Crippen molar-refractivity contribution in [3.8, 4) is 6.07 Å². The fraction of sp³-hybridized carbons (Fsp3) is 0.818. The summed E-state index contributed by atoms with van der Waals surface area (Å²) in [6.07, 6.45) is 2.60. The minimum Gasteiger partial charge on any atom is -0.354 e. The van der Waals surface area contributed by atoms with E-state index in [0.29, 0.717) is 19.4 Å². The average molecular weight is 244 g/mol. The third-order valence-corrected chi connectivity index (χ3v) is 4.27. The number of nitrogens with zero attached hydrogens (tertiary/aromatic N) is 1. The molecule has 5 heteroatoms. The van der Waals surface area contributed by atoms with Gasteiger partial charge in [-0.15, -0.1) is 0 Å². The van der Waals surface area contributed by atoms with Crippen molar-refractivity contribution in [3.05, 3.63) is 0 Å². The van der Waals surface area contributed by atoms with Crippen molar-refractivity contribution in [2.75, 3.05) is 12.8 Å². The molecule has 1 amide bonds. The Bertz CT molecular complexity index is 306. The van der Waals surface area contributed by atoms with E-state index in [9.17, 15) is 9.00 Å². The highest BCUT2D eigenvalue weighted by molar-refractivity contribution is 7.84. The van der Waals surface area contributed by atoms with Gasteiger partial charge in [0.05, 0.1) is 6.07 Å². The van der Waals surface area contributed by atoms with Gasteiger partial charge in [0.15, 0.2) is 0 Å². The van der Waals surface area contributed by atoms with Crippen LogP contribution in [0.2, 0.25) is 0 Å². The average Bonchev–Trinajstić information content (AvgIpc) is 2.28. The first-order chi connectivity index (χ1) is 7.43. The van der Waals surface area contributed by atoms with Gasteiger partial charge in [-0.2, -0.15) is 5.26 Å². The Hall–Kier alpha value is -0.890. The summed E-state index contributed by atoms with van der Waals surface area (Å²) >= 11 is 0. The first-order valence-electron chi connectivity index (χ1n) is 5.45. The molecular formula is C11H20N2O2S. The molecule has 0 aliphatic heterocycles. The van der Waals surface area contributed by atoms with E-state index in [1.165, 1.54) is 0 Å². The number of carbonyl (C=O) groups is 1. The second-order valence-corrected chi connectivity index (χ2v) is 5.72. The van der Waals surface area contributed by atoms with Gasteiger partial charge in [-0.1, -0.05) is 13.8 Å². The molecule has 0 aromatic heterocycles. The Morgan fingerprint density at radius 3 is 2.31 bits per heavy atom. The second-order valence-electron chi connectivity index (χ2n) is 3.92. The predicted molar refractivity (Wildman–Crippen MR) is 65.2 cm³/mol. The maximum Gasteiger partial charge on any atom is 0.240 e. The highest BCUT2D eigenvalue weighted by atomic mass is 32.2. The fourth-order valence-corrected chi connectivity index (χ4v) is 1.62. The van der Waals surface area contributed by atoms with Crippen molar-refractivity contribution >= 4 is 16.7 Å². The summed E-state index contributed by atoms with van der Waals surface area (Å²) in [6, 6.07) is 2.08. The lowest BCUT2D eigenvalue weighted by molar-refractivity contribution is -0.128. The number of nitriles is 1. The van der Waals surface area contributed by atoms with Gasteiger partial charge >= 0.3 is 0 Å². The quantitative estimate of drug-likeness (QED) is 0.763. The van der Waals surface area contributed by atoms with E-state index in [0.717, 1.165) is 0 Å². The van der Waals surface area contributed by atoms with Gasteiger partial charge in [0, 0.05) is 28.9 Å². The summed E-state index contributed by atoms with van der Waals surface area (Å²) in [5.41, 5.74) is -0.936. The molecule has 92 valence electrons. The van der Waals surface area contributed by atoms with Gasteiger partial charge in [0.25, 0.3) is 0 Å². The summed E-state index contributed by atoms with van der Waals surface area (Å²) in [5, 5.41) is 11.7. The lowest BCUT2D eigenvalue weighted by atomic mass is 9.83. The monoisotopic (exact) mass is 244 g/mol. The van der Waals surface area contributed by atoms with Crippen LogP contribution in [0.25, 0.3) is 0 Å². The fourth-order valence-electron chi connectivity index (χ4n) is 1.30. The Labute approximate surface area is 99.9 Å². The van der Waals surface area contributed by atoms with Gasteiger partial charge in [-0.3, -0.25) is 9.00 Å². The molecule has 2 unspecified atom stereocenters. The molecule has 0 spiro atoms. The molecule has 0 aliphatic rings. The minimum atomic E-state index is -0.957. The lowest BCUT2D eigenvalue weighted by Gasteiger charge is -2.22. The summed E-state index contributed by atoms with van der Waals surface area (Å²) < 4.78 is 11.1. The number of hydrogen-bond donors (Lipinski definition) is 1. The highest BCUT2D eigenvalue weighted by Gasteiger charge is 2.34. The van der Waals surface area contributed by atoms with E-state index in [4.69, 9.17) is 5.26 Å². The van der Waals surface area contributed by atoms with E-state index in [1.807, 2.05) is 20.8 Å². The maximum absolute atomic E-state index is 11.9. The van der Waals surface area contributed by atoms with Crippen LogP contribution in [-0.2, 0) is 15.6 Å². The lowest BCUT2D eigenvalue weighted by Crippen LogP contribution is -2.42. The SMILES string of the molecule is CCC(C#N)(CC)C(=O)NCC(C)S(C)=O. The molecule has 0 bridgehead atoms. The molecule has 0 aromatic carbocycles. The van der Waals surface area contributed by atoms with Crippen LogP contribution < -0.4 is 5.32 Å². The third kappa shape index (κ3) is 3.60. The molecule has 2 atom stereocenters. The van der Waals surface area contributed by atoms with E-state index in [2.05, 4.69) is 11.4 Å². The van der Waals surface area contributed by atoms with Crippen LogP contribution in [-0.4, -0.2) is 28.2 Å². The van der Waals surface area contributed by atoms with Crippen LogP contribution >= 0.6 is 0 Å². The number of rotatable bonds is 6. The van der Waals surface area contributed by atoms with Gasteiger partial charge < -0.3 is 5.32 Å². The molecule has 0 saturated carbocycles. The second kappa shape index (κ2) is 6.64. The highest BCUT2D eigenvalue weighted by Crippen LogP contribution is 2.25. The Morgan fingerprint density at radius 2 is 2.00 bits per heavy atom. The Kier molecular flexibility index (Phi) is 6.27. The van der Waals surface area contributed by atoms with Crippen LogP contribution in [0.5, 0.6) is 0 Å². The molecule has 1 N–H and O–H groups in total. The number of carbonyl (C=O) groups excluding carboxylic acids is 1. The first kappa shape index (κ1) is 15.1. The molecule has 0 fully saturated rings. The van der Waals surface area contributed by atoms with Crippen LogP contribution in [0.3, 0.4) is 0 Å². The van der Waals surface area contributed by atoms with E-state index in [-0.39, 0.29) is 11.2 Å². The van der Waals surface area contributed by atoms with Crippen molar-refractivity contribution in [2.24, 2.45) is 5.41 Å². The zero-order valence-corrected chi connectivity index (χ0v) is 11.2. The first-order valence-corrected chi connectivity index (χ1v) is 7.07. The van der Waals surface area contributed by atoms with Crippen molar-refractivity contribution in [2.45, 2.75) is 38.9 Å². The zero-order valence-electron chi connectivity index (χ0n) is 10.4. The number of nitrogens with one attached hydrogen (secondary N) is 1. The van der Waals surface area contributed by atoms with Crippen LogP contribution in [0.1, 0.15) is 33.6 Å². The van der Waals surface area contributed by atoms with E-state index in [1.54, 1.807) is 6.26 Å². The van der Waals surface area contributed by atoms with Gasteiger partial charge in [-0.25, -0.2) is 0 Å². The molecule has 0 aliphatic carbocycles. The van der Waals surface area contributed by atoms with Crippen LogP contribution in [0, 0.1) is 16.7 Å². The van der Waals surface area contributed by atoms with E-state index < -0.39 is 16.2 Å². The Balaban J connectivity index is 4.46. The standard InChI is InChI=1S/C11H20N2O2S/c1-5-11(6-2,8-12)10(14)13-7-9(3)16(4)15/h9H,5-7H2,1-4H3,(H,13,14). The Morgan fingerprint density at radius 1 is 1.50 bits per heavy atom. The molecule has 0 rings (SSSR count).